The normalized spacial score (nSPS) is 10.2. The zero-order valence-corrected chi connectivity index (χ0v) is 10.0. The topological polar surface area (TPSA) is 83.8 Å². The van der Waals surface area contributed by atoms with Crippen LogP contribution in [0.1, 0.15) is 10.4 Å². The second-order valence-corrected chi connectivity index (χ2v) is 4.07. The summed E-state index contributed by atoms with van der Waals surface area (Å²) in [5.41, 5.74) is 6.10. The highest BCUT2D eigenvalue weighted by Gasteiger charge is 2.16. The fraction of sp³-hybridized carbons (Fsp3) is 0. The molecule has 2 rings (SSSR count). The van der Waals surface area contributed by atoms with Crippen LogP contribution >= 0.6 is 23.2 Å². The molecule has 0 spiro atoms. The first-order chi connectivity index (χ1) is 8.09. The van der Waals surface area contributed by atoms with Crippen LogP contribution in [0, 0.1) is 0 Å². The summed E-state index contributed by atoms with van der Waals surface area (Å²) in [5.74, 6) is -0.137. The molecule has 4 N–H and O–H groups in total. The van der Waals surface area contributed by atoms with E-state index < -0.39 is 5.91 Å². The Labute approximate surface area is 107 Å². The molecule has 0 saturated heterocycles. The van der Waals surface area contributed by atoms with Crippen molar-refractivity contribution in [3.63, 3.8) is 0 Å². The number of aromatic amines is 1. The number of benzene rings is 1. The molecule has 5 nitrogen and oxygen atoms in total. The summed E-state index contributed by atoms with van der Waals surface area (Å²) in [5, 5.41) is 9.31. The Bertz CT molecular complexity index is 547. The summed E-state index contributed by atoms with van der Waals surface area (Å²) in [6.07, 6.45) is 1.39. The van der Waals surface area contributed by atoms with Gasteiger partial charge in [-0.25, -0.2) is 0 Å². The third kappa shape index (κ3) is 2.35. The number of nitrogens with zero attached hydrogens (tertiary/aromatic N) is 1. The molecule has 0 fully saturated rings. The van der Waals surface area contributed by atoms with Gasteiger partial charge in [0.2, 0.25) is 0 Å². The fourth-order valence-corrected chi connectivity index (χ4v) is 1.86. The molecule has 1 aromatic carbocycles. The van der Waals surface area contributed by atoms with Gasteiger partial charge < -0.3 is 11.1 Å². The van der Waals surface area contributed by atoms with Crippen LogP contribution in [0.2, 0.25) is 10.0 Å². The molecule has 7 heteroatoms. The van der Waals surface area contributed by atoms with Crippen molar-refractivity contribution < 1.29 is 4.79 Å². The molecule has 0 atom stereocenters. The Balaban J connectivity index is 2.30. The maximum absolute atomic E-state index is 11.9. The van der Waals surface area contributed by atoms with Crippen LogP contribution in [0.4, 0.5) is 11.5 Å². The maximum atomic E-state index is 11.9. The van der Waals surface area contributed by atoms with Crippen LogP contribution in [0.15, 0.2) is 24.4 Å². The van der Waals surface area contributed by atoms with Gasteiger partial charge in [0.05, 0.1) is 27.5 Å². The number of nitrogens with one attached hydrogen (secondary N) is 2. The number of amides is 1. The Morgan fingerprint density at radius 1 is 1.35 bits per heavy atom. The number of nitrogens with two attached hydrogens (primary N) is 1. The van der Waals surface area contributed by atoms with Crippen molar-refractivity contribution in [3.8, 4) is 0 Å². The fourth-order valence-electron chi connectivity index (χ4n) is 1.29. The molecule has 1 aromatic heterocycles. The number of aromatic nitrogens is 2. The van der Waals surface area contributed by atoms with E-state index in [1.807, 2.05) is 0 Å². The molecule has 0 aliphatic heterocycles. The molecule has 88 valence electrons. The van der Waals surface area contributed by atoms with E-state index in [2.05, 4.69) is 15.5 Å². The van der Waals surface area contributed by atoms with Gasteiger partial charge in [-0.3, -0.25) is 9.89 Å². The maximum Gasteiger partial charge on any atom is 0.259 e. The van der Waals surface area contributed by atoms with Gasteiger partial charge in [0.1, 0.15) is 0 Å². The van der Waals surface area contributed by atoms with Crippen LogP contribution in [-0.4, -0.2) is 16.1 Å². The summed E-state index contributed by atoms with van der Waals surface area (Å²) < 4.78 is 0. The highest BCUT2D eigenvalue weighted by Crippen LogP contribution is 2.25. The predicted molar refractivity (Wildman–Crippen MR) is 67.4 cm³/mol. The summed E-state index contributed by atoms with van der Waals surface area (Å²) >= 11 is 11.8. The molecule has 0 aliphatic carbocycles. The zero-order chi connectivity index (χ0) is 12.4. The number of hydrogen-bond donors (Lipinski definition) is 3. The van der Waals surface area contributed by atoms with Gasteiger partial charge in [-0.2, -0.15) is 5.10 Å². The van der Waals surface area contributed by atoms with Crippen LogP contribution in [0.5, 0.6) is 0 Å². The lowest BCUT2D eigenvalue weighted by atomic mass is 10.2. The first-order valence-electron chi connectivity index (χ1n) is 4.64. The lowest BCUT2D eigenvalue weighted by Crippen LogP contribution is -2.14. The van der Waals surface area contributed by atoms with Crippen LogP contribution in [0.25, 0.3) is 0 Å². The van der Waals surface area contributed by atoms with E-state index in [1.54, 1.807) is 18.2 Å². The number of carbonyl (C=O) groups excluding carboxylic acids is 1. The Morgan fingerprint density at radius 3 is 2.53 bits per heavy atom. The standard InChI is InChI=1S/C10H8Cl2N4O/c11-5-2-1-3-6(12)8(5)10(17)15-9-7(13)4-14-16-9/h1-4H,13H2,(H2,14,15,16,17). The van der Waals surface area contributed by atoms with Crippen LogP contribution in [-0.2, 0) is 0 Å². The minimum atomic E-state index is -0.448. The van der Waals surface area contributed by atoms with E-state index in [9.17, 15) is 4.79 Å². The van der Waals surface area contributed by atoms with Gasteiger partial charge in [-0.05, 0) is 12.1 Å². The molecule has 0 aliphatic rings. The van der Waals surface area contributed by atoms with Gasteiger partial charge in [-0.15, -0.1) is 0 Å². The highest BCUT2D eigenvalue weighted by atomic mass is 35.5. The Kier molecular flexibility index (Phi) is 3.21. The first-order valence-corrected chi connectivity index (χ1v) is 5.39. The number of H-pyrrole nitrogens is 1. The van der Waals surface area contributed by atoms with Crippen molar-refractivity contribution in [2.24, 2.45) is 0 Å². The van der Waals surface area contributed by atoms with Crippen LogP contribution in [0.3, 0.4) is 0 Å². The van der Waals surface area contributed by atoms with E-state index >= 15 is 0 Å². The third-order valence-electron chi connectivity index (χ3n) is 2.10. The van der Waals surface area contributed by atoms with Gasteiger partial charge in [-0.1, -0.05) is 29.3 Å². The summed E-state index contributed by atoms with van der Waals surface area (Å²) in [4.78, 5) is 11.9. The van der Waals surface area contributed by atoms with Crippen molar-refractivity contribution in [3.05, 3.63) is 40.0 Å². The van der Waals surface area contributed by atoms with E-state index in [4.69, 9.17) is 28.9 Å². The van der Waals surface area contributed by atoms with Crippen molar-refractivity contribution in [2.45, 2.75) is 0 Å². The number of nitrogen functional groups attached to an aromatic ring is 1. The second-order valence-electron chi connectivity index (χ2n) is 3.25. The molecular weight excluding hydrogens is 263 g/mol. The minimum Gasteiger partial charge on any atom is -0.394 e. The molecule has 0 radical (unpaired) electrons. The number of hydrogen-bond acceptors (Lipinski definition) is 3. The molecule has 1 amide bonds. The monoisotopic (exact) mass is 270 g/mol. The van der Waals surface area contributed by atoms with Crippen molar-refractivity contribution in [2.75, 3.05) is 11.1 Å². The molecule has 2 aromatic rings. The SMILES string of the molecule is Nc1cn[nH]c1NC(=O)c1c(Cl)cccc1Cl. The summed E-state index contributed by atoms with van der Waals surface area (Å²) in [7, 11) is 0. The van der Waals surface area contributed by atoms with Gasteiger partial charge >= 0.3 is 0 Å². The summed E-state index contributed by atoms with van der Waals surface area (Å²) in [6, 6.07) is 4.82. The van der Waals surface area contributed by atoms with Gasteiger partial charge in [0.15, 0.2) is 5.82 Å². The van der Waals surface area contributed by atoms with Gasteiger partial charge in [0.25, 0.3) is 5.91 Å². The Morgan fingerprint density at radius 2 is 2.00 bits per heavy atom. The van der Waals surface area contributed by atoms with Crippen molar-refractivity contribution >= 4 is 40.6 Å². The van der Waals surface area contributed by atoms with E-state index in [0.717, 1.165) is 0 Å². The second kappa shape index (κ2) is 4.65. The molecule has 0 unspecified atom stereocenters. The average molecular weight is 271 g/mol. The molecule has 17 heavy (non-hydrogen) atoms. The zero-order valence-electron chi connectivity index (χ0n) is 8.50. The van der Waals surface area contributed by atoms with Crippen LogP contribution < -0.4 is 11.1 Å². The smallest absolute Gasteiger partial charge is 0.259 e. The number of carbonyl (C=O) groups is 1. The summed E-state index contributed by atoms with van der Waals surface area (Å²) in [6.45, 7) is 0. The lowest BCUT2D eigenvalue weighted by Gasteiger charge is -2.07. The highest BCUT2D eigenvalue weighted by molar-refractivity contribution is 6.40. The molecule has 0 bridgehead atoms. The van der Waals surface area contributed by atoms with E-state index in [-0.39, 0.29) is 15.6 Å². The molecular formula is C10H8Cl2N4O. The number of halogens is 2. The molecule has 1 heterocycles. The van der Waals surface area contributed by atoms with Gasteiger partial charge in [0, 0.05) is 0 Å². The predicted octanol–water partition coefficient (Wildman–Crippen LogP) is 2.55. The van der Waals surface area contributed by atoms with E-state index in [0.29, 0.717) is 11.5 Å². The average Bonchev–Trinajstić information content (AvgIpc) is 2.64. The Hall–Kier alpha value is -1.72. The minimum absolute atomic E-state index is 0.199. The lowest BCUT2D eigenvalue weighted by molar-refractivity contribution is 0.102. The van der Waals surface area contributed by atoms with Crippen molar-refractivity contribution in [1.29, 1.82) is 0 Å². The van der Waals surface area contributed by atoms with E-state index in [1.165, 1.54) is 6.20 Å². The first kappa shape index (κ1) is 11.8. The van der Waals surface area contributed by atoms with Crippen molar-refractivity contribution in [1.82, 2.24) is 10.2 Å². The number of rotatable bonds is 2. The molecule has 0 saturated carbocycles. The quantitative estimate of drug-likeness (QED) is 0.784. The largest absolute Gasteiger partial charge is 0.394 e. The third-order valence-corrected chi connectivity index (χ3v) is 2.73. The number of anilines is 2.